The van der Waals surface area contributed by atoms with Gasteiger partial charge in [0.25, 0.3) is 6.01 Å². The molecule has 0 saturated carbocycles. The van der Waals surface area contributed by atoms with Gasteiger partial charge in [0.2, 0.25) is 0 Å². The Morgan fingerprint density at radius 2 is 2.00 bits per heavy atom. The highest BCUT2D eigenvalue weighted by Gasteiger charge is 2.25. The van der Waals surface area contributed by atoms with Crippen LogP contribution < -0.4 is 10.6 Å². The number of nitrogen functional groups attached to an aromatic ring is 1. The second kappa shape index (κ2) is 4.17. The van der Waals surface area contributed by atoms with E-state index in [-0.39, 0.29) is 12.2 Å². The Labute approximate surface area is 106 Å². The molecule has 1 aliphatic rings. The minimum atomic E-state index is 0.189. The van der Waals surface area contributed by atoms with E-state index >= 15 is 0 Å². The van der Waals surface area contributed by atoms with Gasteiger partial charge in [0.1, 0.15) is 5.52 Å². The van der Waals surface area contributed by atoms with Gasteiger partial charge >= 0.3 is 0 Å². The Morgan fingerprint density at radius 1 is 1.28 bits per heavy atom. The zero-order chi connectivity index (χ0) is 12.7. The minimum Gasteiger partial charge on any atom is -0.423 e. The van der Waals surface area contributed by atoms with E-state index in [2.05, 4.69) is 23.7 Å². The third kappa shape index (κ3) is 2.01. The molecule has 5 heteroatoms. The van der Waals surface area contributed by atoms with Crippen LogP contribution in [-0.4, -0.2) is 30.3 Å². The lowest BCUT2D eigenvalue weighted by Crippen LogP contribution is -2.45. The predicted octanol–water partition coefficient (Wildman–Crippen LogP) is 2.02. The first kappa shape index (κ1) is 11.3. The van der Waals surface area contributed by atoms with Gasteiger partial charge in [0.05, 0.1) is 12.2 Å². The van der Waals surface area contributed by atoms with Crippen molar-refractivity contribution in [1.82, 2.24) is 4.98 Å². The van der Waals surface area contributed by atoms with Crippen molar-refractivity contribution in [2.45, 2.75) is 26.1 Å². The molecule has 0 aliphatic carbocycles. The average Bonchev–Trinajstić information content (AvgIpc) is 2.70. The summed E-state index contributed by atoms with van der Waals surface area (Å²) >= 11 is 0. The number of nitrogens with two attached hydrogens (primary N) is 1. The molecular formula is C13H17N3O2. The Bertz CT molecular complexity index is 556. The van der Waals surface area contributed by atoms with E-state index in [0.717, 1.165) is 24.2 Å². The molecule has 2 N–H and O–H groups in total. The Hall–Kier alpha value is -1.75. The van der Waals surface area contributed by atoms with Gasteiger partial charge in [0.15, 0.2) is 5.58 Å². The van der Waals surface area contributed by atoms with Crippen molar-refractivity contribution in [1.29, 1.82) is 0 Å². The summed E-state index contributed by atoms with van der Waals surface area (Å²) in [5.74, 6) is 0. The van der Waals surface area contributed by atoms with E-state index in [0.29, 0.717) is 11.7 Å². The fourth-order valence-corrected chi connectivity index (χ4v) is 2.40. The molecule has 1 saturated heterocycles. The molecule has 1 fully saturated rings. The molecule has 18 heavy (non-hydrogen) atoms. The predicted molar refractivity (Wildman–Crippen MR) is 70.6 cm³/mol. The number of oxazole rings is 1. The van der Waals surface area contributed by atoms with E-state index in [1.807, 2.05) is 18.2 Å². The monoisotopic (exact) mass is 247 g/mol. The summed E-state index contributed by atoms with van der Waals surface area (Å²) in [6, 6.07) is 6.16. The second-order valence-electron chi connectivity index (χ2n) is 4.89. The lowest BCUT2D eigenvalue weighted by atomic mass is 10.2. The van der Waals surface area contributed by atoms with Crippen molar-refractivity contribution < 1.29 is 9.15 Å². The number of benzene rings is 1. The van der Waals surface area contributed by atoms with E-state index in [1.54, 1.807) is 0 Å². The van der Waals surface area contributed by atoms with Crippen LogP contribution in [0.3, 0.4) is 0 Å². The second-order valence-corrected chi connectivity index (χ2v) is 4.89. The molecule has 1 aliphatic heterocycles. The molecule has 1 aromatic heterocycles. The highest BCUT2D eigenvalue weighted by atomic mass is 16.5. The van der Waals surface area contributed by atoms with Crippen LogP contribution in [0.2, 0.25) is 0 Å². The first-order valence-electron chi connectivity index (χ1n) is 6.18. The van der Waals surface area contributed by atoms with Crippen molar-refractivity contribution in [2.75, 3.05) is 23.7 Å². The number of anilines is 2. The lowest BCUT2D eigenvalue weighted by Gasteiger charge is -2.34. The van der Waals surface area contributed by atoms with Gasteiger partial charge in [0, 0.05) is 18.8 Å². The number of nitrogens with zero attached hydrogens (tertiary/aromatic N) is 2. The Kier molecular flexibility index (Phi) is 2.63. The van der Waals surface area contributed by atoms with Crippen LogP contribution in [0, 0.1) is 0 Å². The van der Waals surface area contributed by atoms with Crippen LogP contribution in [0.5, 0.6) is 0 Å². The van der Waals surface area contributed by atoms with Crippen LogP contribution in [0.15, 0.2) is 22.6 Å². The molecule has 1 aromatic carbocycles. The van der Waals surface area contributed by atoms with Crippen LogP contribution >= 0.6 is 0 Å². The molecule has 2 atom stereocenters. The first-order chi connectivity index (χ1) is 8.61. The van der Waals surface area contributed by atoms with Crippen molar-refractivity contribution >= 4 is 22.8 Å². The molecule has 2 aromatic rings. The normalized spacial score (nSPS) is 24.7. The van der Waals surface area contributed by atoms with Crippen molar-refractivity contribution in [3.05, 3.63) is 18.2 Å². The van der Waals surface area contributed by atoms with Gasteiger partial charge in [-0.3, -0.25) is 0 Å². The zero-order valence-electron chi connectivity index (χ0n) is 10.6. The summed E-state index contributed by atoms with van der Waals surface area (Å²) in [6.45, 7) is 5.71. The number of morpholine rings is 1. The SMILES string of the molecule is CC1CN(c2nc3cc(N)ccc3o2)CC(C)O1. The maximum absolute atomic E-state index is 5.76. The van der Waals surface area contributed by atoms with Gasteiger partial charge in [-0.25, -0.2) is 0 Å². The van der Waals surface area contributed by atoms with E-state index < -0.39 is 0 Å². The zero-order valence-corrected chi connectivity index (χ0v) is 10.6. The van der Waals surface area contributed by atoms with Gasteiger partial charge in [-0.1, -0.05) is 0 Å². The summed E-state index contributed by atoms with van der Waals surface area (Å²) in [5.41, 5.74) is 8.01. The molecule has 0 radical (unpaired) electrons. The molecule has 96 valence electrons. The van der Waals surface area contributed by atoms with Gasteiger partial charge in [-0.15, -0.1) is 0 Å². The van der Waals surface area contributed by atoms with E-state index in [1.165, 1.54) is 0 Å². The summed E-state index contributed by atoms with van der Waals surface area (Å²) < 4.78 is 11.5. The summed E-state index contributed by atoms with van der Waals surface area (Å²) in [7, 11) is 0. The first-order valence-corrected chi connectivity index (χ1v) is 6.18. The molecule has 2 heterocycles. The topological polar surface area (TPSA) is 64.5 Å². The van der Waals surface area contributed by atoms with E-state index in [4.69, 9.17) is 14.9 Å². The summed E-state index contributed by atoms with van der Waals surface area (Å²) in [6.07, 6.45) is 0.377. The Morgan fingerprint density at radius 3 is 2.72 bits per heavy atom. The maximum atomic E-state index is 5.76. The van der Waals surface area contributed by atoms with Crippen LogP contribution in [-0.2, 0) is 4.74 Å². The van der Waals surface area contributed by atoms with Crippen LogP contribution in [0.4, 0.5) is 11.7 Å². The third-order valence-electron chi connectivity index (χ3n) is 3.09. The minimum absolute atomic E-state index is 0.189. The molecule has 2 unspecified atom stereocenters. The summed E-state index contributed by atoms with van der Waals surface area (Å²) in [4.78, 5) is 6.61. The van der Waals surface area contributed by atoms with Gasteiger partial charge < -0.3 is 19.8 Å². The van der Waals surface area contributed by atoms with E-state index in [9.17, 15) is 0 Å². The number of hydrogen-bond donors (Lipinski definition) is 1. The molecule has 0 spiro atoms. The number of aromatic nitrogens is 1. The highest BCUT2D eigenvalue weighted by Crippen LogP contribution is 2.25. The molecule has 0 bridgehead atoms. The van der Waals surface area contributed by atoms with Crippen molar-refractivity contribution in [3.63, 3.8) is 0 Å². The lowest BCUT2D eigenvalue weighted by molar-refractivity contribution is -0.00662. The van der Waals surface area contributed by atoms with Crippen LogP contribution in [0.25, 0.3) is 11.1 Å². The number of ether oxygens (including phenoxy) is 1. The van der Waals surface area contributed by atoms with Gasteiger partial charge in [-0.05, 0) is 32.0 Å². The fourth-order valence-electron chi connectivity index (χ4n) is 2.40. The quantitative estimate of drug-likeness (QED) is 0.781. The van der Waals surface area contributed by atoms with Crippen molar-refractivity contribution in [3.8, 4) is 0 Å². The maximum Gasteiger partial charge on any atom is 0.298 e. The van der Waals surface area contributed by atoms with Crippen molar-refractivity contribution in [2.24, 2.45) is 0 Å². The standard InChI is InChI=1S/C13H17N3O2/c1-8-6-16(7-9(2)17-8)13-15-11-5-10(14)3-4-12(11)18-13/h3-5,8-9H,6-7,14H2,1-2H3. The molecule has 0 amide bonds. The van der Waals surface area contributed by atoms with Crippen LogP contribution in [0.1, 0.15) is 13.8 Å². The Balaban J connectivity index is 1.93. The summed E-state index contributed by atoms with van der Waals surface area (Å²) in [5, 5.41) is 0. The third-order valence-corrected chi connectivity index (χ3v) is 3.09. The highest BCUT2D eigenvalue weighted by molar-refractivity contribution is 5.78. The number of hydrogen-bond acceptors (Lipinski definition) is 5. The average molecular weight is 247 g/mol. The largest absolute Gasteiger partial charge is 0.423 e. The number of fused-ring (bicyclic) bond motifs is 1. The molecular weight excluding hydrogens is 230 g/mol. The van der Waals surface area contributed by atoms with Gasteiger partial charge in [-0.2, -0.15) is 4.98 Å². The number of rotatable bonds is 1. The molecule has 3 rings (SSSR count). The smallest absolute Gasteiger partial charge is 0.298 e. The molecule has 5 nitrogen and oxygen atoms in total. The fraction of sp³-hybridized carbons (Fsp3) is 0.462.